The molecule has 4 fully saturated rings. The Morgan fingerprint density at radius 1 is 0.500 bits per heavy atom. The lowest BCUT2D eigenvalue weighted by molar-refractivity contribution is -0.126. The van der Waals surface area contributed by atoms with Crippen LogP contribution < -0.4 is 41.4 Å². The van der Waals surface area contributed by atoms with Crippen molar-refractivity contribution in [3.63, 3.8) is 0 Å². The van der Waals surface area contributed by atoms with Gasteiger partial charge in [0.2, 0.25) is 0 Å². The van der Waals surface area contributed by atoms with Crippen LogP contribution in [-0.4, -0.2) is 74.1 Å². The zero-order valence-electron chi connectivity index (χ0n) is 33.7. The van der Waals surface area contributed by atoms with E-state index in [9.17, 15) is 28.8 Å². The number of methoxy groups -OCH3 is 2. The molecule has 2 saturated carbocycles. The van der Waals surface area contributed by atoms with Crippen molar-refractivity contribution < 1.29 is 38.2 Å². The maximum absolute atomic E-state index is 12.9. The molecule has 0 unspecified atom stereocenters. The summed E-state index contributed by atoms with van der Waals surface area (Å²) < 4.78 is 10.6. The van der Waals surface area contributed by atoms with Crippen LogP contribution in [0.4, 0.5) is 9.59 Å². The molecule has 60 heavy (non-hydrogen) atoms. The Labute approximate surface area is 348 Å². The van der Waals surface area contributed by atoms with Gasteiger partial charge in [-0.2, -0.15) is 0 Å². The third-order valence-electron chi connectivity index (χ3n) is 12.8. The lowest BCUT2D eigenvalue weighted by Crippen LogP contribution is -2.54. The minimum absolute atomic E-state index is 0.199. The van der Waals surface area contributed by atoms with Crippen molar-refractivity contribution in [1.29, 1.82) is 0 Å². The predicted molar refractivity (Wildman–Crippen MR) is 223 cm³/mol. The average molecular weight is 815 g/mol. The lowest BCUT2D eigenvalue weighted by Gasteiger charge is -2.44. The molecule has 4 aromatic rings. The highest BCUT2D eigenvalue weighted by Crippen LogP contribution is 2.45. The van der Waals surface area contributed by atoms with Crippen LogP contribution in [0.25, 0.3) is 0 Å². The summed E-state index contributed by atoms with van der Waals surface area (Å²) in [5.41, 5.74) is 0.866. The first-order valence-electron chi connectivity index (χ1n) is 20.2. The van der Waals surface area contributed by atoms with Crippen molar-refractivity contribution in [2.24, 2.45) is 0 Å². The fourth-order valence-electron chi connectivity index (χ4n) is 9.14. The number of urea groups is 2. The summed E-state index contributed by atoms with van der Waals surface area (Å²) in [7, 11) is 3.08. The predicted octanol–water partition coefficient (Wildman–Crippen LogP) is 5.03. The standard InChI is InChI=1S/2C23H25N3O4/c2*1-30-18-10-6-5-9-17(18)19(27)24-15-22(16-7-3-2-4-8-16)11-13-23(14-12-22)20(28)25-21(29)26-23/h2*2-10H,11-15H2,1H3,(H,24,27)(H2,25,26,28,29). The second kappa shape index (κ2) is 17.3. The molecule has 8 amide bonds. The van der Waals surface area contributed by atoms with Gasteiger partial charge >= 0.3 is 12.1 Å². The number of hydrogen-bond acceptors (Lipinski definition) is 8. The number of amides is 8. The second-order valence-corrected chi connectivity index (χ2v) is 16.0. The highest BCUT2D eigenvalue weighted by atomic mass is 16.5. The maximum atomic E-state index is 12.9. The van der Waals surface area contributed by atoms with Crippen LogP contribution in [0.2, 0.25) is 0 Å². The molecule has 0 radical (unpaired) electrons. The Hall–Kier alpha value is -6.70. The molecule has 0 aromatic heterocycles. The molecule has 2 spiro atoms. The Bertz CT molecular complexity index is 2090. The van der Waals surface area contributed by atoms with Crippen molar-refractivity contribution >= 4 is 35.7 Å². The van der Waals surface area contributed by atoms with Gasteiger partial charge in [-0.25, -0.2) is 9.59 Å². The number of nitrogens with one attached hydrogen (secondary N) is 6. The number of ether oxygens (including phenoxy) is 2. The fraction of sp³-hybridized carbons (Fsp3) is 0.348. The molecular weight excluding hydrogens is 765 g/mol. The summed E-state index contributed by atoms with van der Waals surface area (Å²) in [5.74, 6) is 0.137. The van der Waals surface area contributed by atoms with E-state index in [1.54, 1.807) is 50.6 Å². The van der Waals surface area contributed by atoms with Crippen molar-refractivity contribution in [3.05, 3.63) is 131 Å². The molecular formula is C46H50N6O8. The smallest absolute Gasteiger partial charge is 0.322 e. The van der Waals surface area contributed by atoms with Gasteiger partial charge in [0.1, 0.15) is 22.6 Å². The van der Waals surface area contributed by atoms with Crippen LogP contribution in [0, 0.1) is 0 Å². The number of carbonyl (C=O) groups excluding carboxylic acids is 6. The minimum Gasteiger partial charge on any atom is -0.496 e. The zero-order chi connectivity index (χ0) is 42.4. The van der Waals surface area contributed by atoms with Crippen LogP contribution in [0.3, 0.4) is 0 Å². The third-order valence-corrected chi connectivity index (χ3v) is 12.8. The topological polar surface area (TPSA) is 193 Å². The van der Waals surface area contributed by atoms with Gasteiger partial charge in [0.25, 0.3) is 23.6 Å². The van der Waals surface area contributed by atoms with Gasteiger partial charge in [0, 0.05) is 23.9 Å². The number of benzene rings is 4. The molecule has 6 N–H and O–H groups in total. The van der Waals surface area contributed by atoms with Gasteiger partial charge in [-0.05, 0) is 86.8 Å². The average Bonchev–Trinajstić information content (AvgIpc) is 3.73. The normalized spacial score (nSPS) is 25.5. The number of rotatable bonds is 10. The lowest BCUT2D eigenvalue weighted by atomic mass is 9.64. The maximum Gasteiger partial charge on any atom is 0.322 e. The summed E-state index contributed by atoms with van der Waals surface area (Å²) in [6.45, 7) is 0.860. The first-order valence-corrected chi connectivity index (χ1v) is 20.2. The van der Waals surface area contributed by atoms with Crippen molar-refractivity contribution in [2.45, 2.75) is 73.3 Å². The van der Waals surface area contributed by atoms with Crippen LogP contribution >= 0.6 is 0 Å². The quantitative estimate of drug-likeness (QED) is 0.120. The molecule has 8 rings (SSSR count). The summed E-state index contributed by atoms with van der Waals surface area (Å²) in [6.07, 6.45) is 4.73. The first kappa shape index (κ1) is 41.5. The summed E-state index contributed by atoms with van der Waals surface area (Å²) in [5, 5.41) is 16.5. The number of imide groups is 2. The Morgan fingerprint density at radius 3 is 1.15 bits per heavy atom. The molecule has 4 aliphatic rings. The Morgan fingerprint density at radius 2 is 0.833 bits per heavy atom. The highest BCUT2D eigenvalue weighted by molar-refractivity contribution is 6.07. The van der Waals surface area contributed by atoms with Gasteiger partial charge in [-0.3, -0.25) is 29.8 Å². The van der Waals surface area contributed by atoms with Gasteiger partial charge in [0.15, 0.2) is 0 Å². The Kier molecular flexibility index (Phi) is 11.9. The van der Waals surface area contributed by atoms with E-state index in [2.05, 4.69) is 56.2 Å². The van der Waals surface area contributed by atoms with E-state index in [0.717, 1.165) is 11.1 Å². The fourth-order valence-corrected chi connectivity index (χ4v) is 9.14. The molecule has 4 aromatic carbocycles. The summed E-state index contributed by atoms with van der Waals surface area (Å²) >= 11 is 0. The minimum atomic E-state index is -0.845. The van der Waals surface area contributed by atoms with E-state index in [1.165, 1.54) is 0 Å². The van der Waals surface area contributed by atoms with E-state index >= 15 is 0 Å². The first-order chi connectivity index (χ1) is 29.0. The molecule has 2 aliphatic heterocycles. The van der Waals surface area contributed by atoms with Gasteiger partial charge in [-0.1, -0.05) is 84.9 Å². The molecule has 14 nitrogen and oxygen atoms in total. The summed E-state index contributed by atoms with van der Waals surface area (Å²) in [4.78, 5) is 73.8. The van der Waals surface area contributed by atoms with Crippen molar-refractivity contribution in [1.82, 2.24) is 31.9 Å². The molecule has 2 aliphatic carbocycles. The molecule has 312 valence electrons. The second-order valence-electron chi connectivity index (χ2n) is 16.0. The monoisotopic (exact) mass is 814 g/mol. The van der Waals surface area contributed by atoms with Crippen LogP contribution in [0.1, 0.15) is 83.2 Å². The molecule has 2 saturated heterocycles. The number of hydrogen-bond donors (Lipinski definition) is 6. The number of carbonyl (C=O) groups is 6. The summed E-state index contributed by atoms with van der Waals surface area (Å²) in [6, 6.07) is 33.4. The highest BCUT2D eigenvalue weighted by Gasteiger charge is 2.53. The molecule has 2 heterocycles. The van der Waals surface area contributed by atoms with E-state index < -0.39 is 23.1 Å². The zero-order valence-corrected chi connectivity index (χ0v) is 33.7. The van der Waals surface area contributed by atoms with E-state index in [-0.39, 0.29) is 34.5 Å². The molecule has 14 heteroatoms. The largest absolute Gasteiger partial charge is 0.496 e. The molecule has 0 bridgehead atoms. The van der Waals surface area contributed by atoms with E-state index in [1.807, 2.05) is 48.5 Å². The van der Waals surface area contributed by atoms with E-state index in [0.29, 0.717) is 87.1 Å². The van der Waals surface area contributed by atoms with Gasteiger partial charge in [-0.15, -0.1) is 0 Å². The Balaban J connectivity index is 0.000000181. The number of para-hydroxylation sites is 2. The van der Waals surface area contributed by atoms with E-state index in [4.69, 9.17) is 9.47 Å². The van der Waals surface area contributed by atoms with Crippen molar-refractivity contribution in [3.8, 4) is 11.5 Å². The van der Waals surface area contributed by atoms with Crippen LogP contribution in [0.5, 0.6) is 11.5 Å². The van der Waals surface area contributed by atoms with Gasteiger partial charge < -0.3 is 30.7 Å². The van der Waals surface area contributed by atoms with Crippen LogP contribution in [0.15, 0.2) is 109 Å². The SMILES string of the molecule is COc1ccccc1C(=O)NCC1(c2ccccc2)CCC2(CC1)NC(=O)NC2=O.COc1ccccc1C(=O)NCC1(c2ccccc2)CCC2(CC1)NC(=O)NC2=O. The third kappa shape index (κ3) is 8.27. The van der Waals surface area contributed by atoms with Crippen molar-refractivity contribution in [2.75, 3.05) is 27.3 Å². The van der Waals surface area contributed by atoms with Crippen LogP contribution in [-0.2, 0) is 20.4 Å². The van der Waals surface area contributed by atoms with Gasteiger partial charge in [0.05, 0.1) is 25.3 Å². The molecule has 0 atom stereocenters.